The highest BCUT2D eigenvalue weighted by Gasteiger charge is 2.44. The van der Waals surface area contributed by atoms with Crippen LogP contribution in [0.3, 0.4) is 0 Å². The van der Waals surface area contributed by atoms with Crippen LogP contribution in [0.5, 0.6) is 0 Å². The Morgan fingerprint density at radius 3 is 1.96 bits per heavy atom. The average Bonchev–Trinajstić information content (AvgIpc) is 3.30. The molecule has 2 aromatic rings. The second-order valence-electron chi connectivity index (χ2n) is 13.9. The van der Waals surface area contributed by atoms with E-state index in [1.165, 1.54) is 30.3 Å². The highest BCUT2D eigenvalue weighted by atomic mass is 32.2. The maximum Gasteiger partial charge on any atom is 0.294 e. The number of ether oxygens (including phenoxy) is 3. The minimum Gasteiger partial charge on any atom is -0.382 e. The standard InChI is InChI=1S/C36H51NO15S4/c1-27-11-12-29(55(44,45)46)25-31(27)35(3,16-18-51-21-22-52-20-19-50-5)28(2)9-6-10-34-36(4,15-7-23-53(38,39)40)32-26-30(56(47,48)49)13-14-33(32)37(34)17-8-24-54(41,42)43/h6,9-14,25-26H,2,7-8,15-24H2,1,3-5H3,(H,38,39,40)(H,41,42,43)(H,44,45,46)(H,47,48,49)/b9-6+,34-10+. The number of rotatable bonds is 23. The lowest BCUT2D eigenvalue weighted by molar-refractivity contribution is 0.0219. The summed E-state index contributed by atoms with van der Waals surface area (Å²) in [5, 5.41) is 0. The fourth-order valence-corrected chi connectivity index (χ4v) is 8.73. The van der Waals surface area contributed by atoms with E-state index in [1.807, 2.05) is 6.92 Å². The first-order valence-electron chi connectivity index (χ1n) is 17.4. The molecule has 0 fully saturated rings. The van der Waals surface area contributed by atoms with Gasteiger partial charge in [0.05, 0.1) is 47.7 Å². The molecule has 2 aromatic carbocycles. The van der Waals surface area contributed by atoms with Crippen LogP contribution in [0.2, 0.25) is 0 Å². The smallest absolute Gasteiger partial charge is 0.294 e. The summed E-state index contributed by atoms with van der Waals surface area (Å²) in [6, 6.07) is 8.09. The summed E-state index contributed by atoms with van der Waals surface area (Å²) >= 11 is 0. The average molecular weight is 866 g/mol. The van der Waals surface area contributed by atoms with E-state index >= 15 is 0 Å². The number of hydrogen-bond donors (Lipinski definition) is 4. The predicted molar refractivity (Wildman–Crippen MR) is 210 cm³/mol. The van der Waals surface area contributed by atoms with Crippen molar-refractivity contribution < 1.29 is 66.1 Å². The zero-order valence-corrected chi connectivity index (χ0v) is 35.0. The fourth-order valence-electron chi connectivity index (χ4n) is 6.71. The Morgan fingerprint density at radius 1 is 0.821 bits per heavy atom. The second kappa shape index (κ2) is 19.2. The third-order valence-corrected chi connectivity index (χ3v) is 13.1. The van der Waals surface area contributed by atoms with Crippen LogP contribution in [-0.2, 0) is 65.5 Å². The van der Waals surface area contributed by atoms with E-state index in [9.17, 15) is 51.9 Å². The van der Waals surface area contributed by atoms with Crippen molar-refractivity contribution in [3.63, 3.8) is 0 Å². The van der Waals surface area contributed by atoms with Gasteiger partial charge in [0.25, 0.3) is 40.5 Å². The van der Waals surface area contributed by atoms with Gasteiger partial charge in [0.2, 0.25) is 0 Å². The van der Waals surface area contributed by atoms with Crippen molar-refractivity contribution in [1.29, 1.82) is 0 Å². The predicted octanol–water partition coefficient (Wildman–Crippen LogP) is 4.54. The number of hydrogen-bond acceptors (Lipinski definition) is 12. The van der Waals surface area contributed by atoms with Crippen molar-refractivity contribution in [2.75, 3.05) is 63.1 Å². The third-order valence-electron chi connectivity index (χ3n) is 9.78. The van der Waals surface area contributed by atoms with Crippen molar-refractivity contribution in [2.45, 2.75) is 67.1 Å². The molecule has 4 N–H and O–H groups in total. The molecule has 20 heteroatoms. The van der Waals surface area contributed by atoms with Crippen molar-refractivity contribution in [1.82, 2.24) is 0 Å². The molecular weight excluding hydrogens is 815 g/mol. The van der Waals surface area contributed by atoms with Gasteiger partial charge in [-0.2, -0.15) is 33.7 Å². The van der Waals surface area contributed by atoms with E-state index in [0.717, 1.165) is 0 Å². The number of anilines is 1. The van der Waals surface area contributed by atoms with Crippen LogP contribution in [0, 0.1) is 6.92 Å². The van der Waals surface area contributed by atoms with E-state index < -0.39 is 67.7 Å². The maximum absolute atomic E-state index is 12.2. The lowest BCUT2D eigenvalue weighted by atomic mass is 9.72. The van der Waals surface area contributed by atoms with Gasteiger partial charge in [-0.1, -0.05) is 31.7 Å². The third kappa shape index (κ3) is 13.0. The molecule has 0 saturated carbocycles. The van der Waals surface area contributed by atoms with Gasteiger partial charge in [-0.3, -0.25) is 18.2 Å². The van der Waals surface area contributed by atoms with Gasteiger partial charge in [-0.15, -0.1) is 0 Å². The number of methoxy groups -OCH3 is 1. The Bertz CT molecular complexity index is 2240. The topological polar surface area (TPSA) is 248 Å². The second-order valence-corrected chi connectivity index (χ2v) is 19.8. The minimum absolute atomic E-state index is 0.0123. The molecule has 16 nitrogen and oxygen atoms in total. The summed E-state index contributed by atoms with van der Waals surface area (Å²) in [4.78, 5) is 0.961. The first-order valence-corrected chi connectivity index (χ1v) is 23.5. The largest absolute Gasteiger partial charge is 0.382 e. The zero-order chi connectivity index (χ0) is 42.2. The van der Waals surface area contributed by atoms with Gasteiger partial charge in [-0.05, 0) is 98.2 Å². The molecule has 1 aliphatic rings. The van der Waals surface area contributed by atoms with Crippen LogP contribution in [0.1, 0.15) is 56.2 Å². The van der Waals surface area contributed by atoms with E-state index in [1.54, 1.807) is 50.2 Å². The molecule has 1 heterocycles. The van der Waals surface area contributed by atoms with Crippen LogP contribution in [0.4, 0.5) is 5.69 Å². The number of nitrogens with zero attached hydrogens (tertiary/aromatic N) is 1. The van der Waals surface area contributed by atoms with Crippen LogP contribution >= 0.6 is 0 Å². The zero-order valence-electron chi connectivity index (χ0n) is 31.7. The summed E-state index contributed by atoms with van der Waals surface area (Å²) in [6.45, 7) is 11.3. The quantitative estimate of drug-likeness (QED) is 0.0680. The molecule has 314 valence electrons. The summed E-state index contributed by atoms with van der Waals surface area (Å²) in [6.07, 6.45) is 5.18. The van der Waals surface area contributed by atoms with Crippen LogP contribution in [-0.4, -0.2) is 110 Å². The maximum atomic E-state index is 12.2. The van der Waals surface area contributed by atoms with Gasteiger partial charge < -0.3 is 19.1 Å². The Labute approximate surface area is 330 Å². The fraction of sp³-hybridized carbons (Fsp3) is 0.500. The van der Waals surface area contributed by atoms with E-state index in [2.05, 4.69) is 6.58 Å². The first kappa shape index (κ1) is 47.4. The van der Waals surface area contributed by atoms with Crippen LogP contribution < -0.4 is 4.90 Å². The lowest BCUT2D eigenvalue weighted by Gasteiger charge is -2.33. The molecule has 1 aliphatic heterocycles. The highest BCUT2D eigenvalue weighted by molar-refractivity contribution is 7.86. The van der Waals surface area contributed by atoms with Crippen molar-refractivity contribution >= 4 is 46.2 Å². The molecule has 0 bridgehead atoms. The molecule has 0 radical (unpaired) electrons. The van der Waals surface area contributed by atoms with Gasteiger partial charge in [0.1, 0.15) is 0 Å². The normalized spacial score (nSPS) is 18.4. The SMILES string of the molecule is C=C(/C=C/C=C1/N(CCCS(=O)(=O)O)c2ccc(S(=O)(=O)O)cc2C1(C)CCCS(=O)(=O)O)C(C)(CCOCCOCCOC)c1cc(S(=O)(=O)O)ccc1C. The van der Waals surface area contributed by atoms with Crippen molar-refractivity contribution in [3.05, 3.63) is 89.2 Å². The van der Waals surface area contributed by atoms with Gasteiger partial charge in [0.15, 0.2) is 0 Å². The number of aryl methyl sites for hydroxylation is 1. The monoisotopic (exact) mass is 865 g/mol. The summed E-state index contributed by atoms with van der Waals surface area (Å²) in [5.74, 6) is -1.21. The van der Waals surface area contributed by atoms with E-state index in [4.69, 9.17) is 14.2 Å². The molecule has 3 rings (SSSR count). The van der Waals surface area contributed by atoms with Crippen molar-refractivity contribution in [3.8, 4) is 0 Å². The molecule has 0 spiro atoms. The van der Waals surface area contributed by atoms with Crippen LogP contribution in [0.15, 0.2) is 82.3 Å². The molecule has 2 atom stereocenters. The molecule has 56 heavy (non-hydrogen) atoms. The van der Waals surface area contributed by atoms with E-state index in [0.29, 0.717) is 59.9 Å². The van der Waals surface area contributed by atoms with Crippen molar-refractivity contribution in [2.24, 2.45) is 0 Å². The Balaban J connectivity index is 2.13. The highest BCUT2D eigenvalue weighted by Crippen LogP contribution is 2.51. The molecule has 2 unspecified atom stereocenters. The van der Waals surface area contributed by atoms with Gasteiger partial charge in [-0.25, -0.2) is 0 Å². The van der Waals surface area contributed by atoms with Gasteiger partial charge >= 0.3 is 0 Å². The van der Waals surface area contributed by atoms with Crippen LogP contribution in [0.25, 0.3) is 0 Å². The lowest BCUT2D eigenvalue weighted by Crippen LogP contribution is -2.30. The number of fused-ring (bicyclic) bond motifs is 1. The number of benzene rings is 2. The summed E-state index contributed by atoms with van der Waals surface area (Å²) in [7, 11) is -16.4. The molecular formula is C36H51NO15S4. The summed E-state index contributed by atoms with van der Waals surface area (Å²) < 4.78 is 150. The first-order chi connectivity index (χ1) is 25.8. The Kier molecular flexibility index (Phi) is 16.2. The molecule has 0 saturated heterocycles. The van der Waals surface area contributed by atoms with E-state index in [-0.39, 0.29) is 43.9 Å². The molecule has 0 aliphatic carbocycles. The Morgan fingerprint density at radius 2 is 1.38 bits per heavy atom. The van der Waals surface area contributed by atoms with Gasteiger partial charge in [0, 0.05) is 42.5 Å². The summed E-state index contributed by atoms with van der Waals surface area (Å²) in [5.41, 5.74) is 0.875. The minimum atomic E-state index is -4.68. The molecule has 0 amide bonds. The molecule has 0 aromatic heterocycles. The Hall–Kier alpha value is -3.02. The number of allylic oxidation sites excluding steroid dienone is 5.